The summed E-state index contributed by atoms with van der Waals surface area (Å²) in [5, 5.41) is 8.33. The van der Waals surface area contributed by atoms with Crippen molar-refractivity contribution in [2.75, 3.05) is 13.2 Å². The first-order valence-corrected chi connectivity index (χ1v) is 9.67. The van der Waals surface area contributed by atoms with Gasteiger partial charge in [-0.05, 0) is 32.0 Å². The normalized spacial score (nSPS) is 18.9. The molecule has 28 heavy (non-hydrogen) atoms. The third-order valence-electron chi connectivity index (χ3n) is 4.59. The fourth-order valence-electron chi connectivity index (χ4n) is 3.24. The van der Waals surface area contributed by atoms with E-state index < -0.39 is 0 Å². The summed E-state index contributed by atoms with van der Waals surface area (Å²) in [5.41, 5.74) is 1.98. The molecular formula is C19H19N5O3S. The van der Waals surface area contributed by atoms with Crippen LogP contribution in [0, 0.1) is 13.8 Å². The Morgan fingerprint density at radius 3 is 2.71 bits per heavy atom. The number of carbonyl (C=O) groups excluding carboxylic acids is 1. The maximum Gasteiger partial charge on any atom is 0.267 e. The van der Waals surface area contributed by atoms with Gasteiger partial charge in [-0.3, -0.25) is 14.6 Å². The van der Waals surface area contributed by atoms with E-state index in [9.17, 15) is 9.59 Å². The van der Waals surface area contributed by atoms with Crippen LogP contribution in [0.2, 0.25) is 0 Å². The first-order valence-electron chi connectivity index (χ1n) is 8.86. The van der Waals surface area contributed by atoms with Crippen LogP contribution in [0.4, 0.5) is 0 Å². The van der Waals surface area contributed by atoms with Gasteiger partial charge in [0.05, 0.1) is 35.7 Å². The van der Waals surface area contributed by atoms with E-state index in [0.29, 0.717) is 29.5 Å². The van der Waals surface area contributed by atoms with Crippen molar-refractivity contribution in [3.8, 4) is 11.3 Å². The molecule has 2 atom stereocenters. The number of amides is 1. The molecule has 1 fully saturated rings. The summed E-state index contributed by atoms with van der Waals surface area (Å²) in [4.78, 5) is 34.0. The highest BCUT2D eigenvalue weighted by Gasteiger charge is 2.33. The average Bonchev–Trinajstić information content (AvgIpc) is 3.28. The van der Waals surface area contributed by atoms with Crippen LogP contribution in [0.5, 0.6) is 0 Å². The number of rotatable bonds is 4. The number of aryl methyl sites for hydroxylation is 2. The molecule has 1 aliphatic rings. The highest BCUT2D eigenvalue weighted by molar-refractivity contribution is 7.13. The molecule has 4 rings (SSSR count). The lowest BCUT2D eigenvalue weighted by Gasteiger charge is -2.20. The molecule has 9 heteroatoms. The number of nitrogens with zero attached hydrogens (tertiary/aromatic N) is 4. The minimum atomic E-state index is -0.382. The van der Waals surface area contributed by atoms with Crippen molar-refractivity contribution in [2.24, 2.45) is 0 Å². The number of carbonyl (C=O) groups is 1. The number of pyridine rings is 1. The monoisotopic (exact) mass is 397 g/mol. The smallest absolute Gasteiger partial charge is 0.267 e. The molecule has 8 nitrogen and oxygen atoms in total. The van der Waals surface area contributed by atoms with Crippen LogP contribution in [0.25, 0.3) is 11.3 Å². The van der Waals surface area contributed by atoms with Crippen LogP contribution in [-0.4, -0.2) is 44.9 Å². The molecule has 0 saturated carbocycles. The minimum absolute atomic E-state index is 0.207. The van der Waals surface area contributed by atoms with E-state index in [1.54, 1.807) is 18.5 Å². The van der Waals surface area contributed by atoms with Crippen LogP contribution in [-0.2, 0) is 4.74 Å². The van der Waals surface area contributed by atoms with E-state index in [4.69, 9.17) is 4.74 Å². The van der Waals surface area contributed by atoms with Crippen molar-refractivity contribution >= 4 is 17.2 Å². The minimum Gasteiger partial charge on any atom is -0.377 e. The van der Waals surface area contributed by atoms with E-state index in [2.05, 4.69) is 20.4 Å². The van der Waals surface area contributed by atoms with Gasteiger partial charge in [0.2, 0.25) is 0 Å². The Morgan fingerprint density at radius 2 is 2.00 bits per heavy atom. The average molecular weight is 397 g/mol. The molecule has 3 aromatic rings. The number of nitrogens with one attached hydrogen (secondary N) is 1. The molecule has 0 bridgehead atoms. The number of hydrogen-bond acceptors (Lipinski definition) is 7. The quantitative estimate of drug-likeness (QED) is 0.720. The van der Waals surface area contributed by atoms with E-state index in [-0.39, 0.29) is 23.6 Å². The third-order valence-corrected chi connectivity index (χ3v) is 5.66. The molecule has 1 saturated heterocycles. The molecule has 144 valence electrons. The first-order chi connectivity index (χ1) is 13.5. The van der Waals surface area contributed by atoms with E-state index in [1.165, 1.54) is 22.1 Å². The Kier molecular flexibility index (Phi) is 5.01. The Labute approximate surface area is 165 Å². The Bertz CT molecular complexity index is 1060. The molecular weight excluding hydrogens is 378 g/mol. The maximum atomic E-state index is 12.7. The fourth-order valence-corrected chi connectivity index (χ4v) is 4.06. The van der Waals surface area contributed by atoms with E-state index in [0.717, 1.165) is 10.6 Å². The molecule has 2 unspecified atom stereocenters. The number of hydrogen-bond donors (Lipinski definition) is 1. The predicted octanol–water partition coefficient (Wildman–Crippen LogP) is 1.75. The van der Waals surface area contributed by atoms with Gasteiger partial charge in [0.25, 0.3) is 11.5 Å². The van der Waals surface area contributed by atoms with Crippen LogP contribution >= 0.6 is 11.3 Å². The highest BCUT2D eigenvalue weighted by atomic mass is 32.1. The predicted molar refractivity (Wildman–Crippen MR) is 104 cm³/mol. The lowest BCUT2D eigenvalue weighted by atomic mass is 10.1. The van der Waals surface area contributed by atoms with Gasteiger partial charge in [-0.15, -0.1) is 11.3 Å². The van der Waals surface area contributed by atoms with Gasteiger partial charge >= 0.3 is 0 Å². The summed E-state index contributed by atoms with van der Waals surface area (Å²) < 4.78 is 6.96. The van der Waals surface area contributed by atoms with Crippen molar-refractivity contribution < 1.29 is 9.53 Å². The van der Waals surface area contributed by atoms with Gasteiger partial charge in [0.1, 0.15) is 10.9 Å². The second-order valence-electron chi connectivity index (χ2n) is 6.57. The van der Waals surface area contributed by atoms with Crippen LogP contribution in [0.15, 0.2) is 41.5 Å². The molecule has 0 aromatic carbocycles. The van der Waals surface area contributed by atoms with Crippen molar-refractivity contribution in [3.05, 3.63) is 62.6 Å². The molecule has 0 spiro atoms. The Morgan fingerprint density at radius 1 is 1.21 bits per heavy atom. The Balaban J connectivity index is 1.61. The topological polar surface area (TPSA) is 99.0 Å². The lowest BCUT2D eigenvalue weighted by molar-refractivity contribution is 0.0928. The maximum absolute atomic E-state index is 12.7. The second kappa shape index (κ2) is 7.61. The van der Waals surface area contributed by atoms with Gasteiger partial charge in [0, 0.05) is 24.0 Å². The van der Waals surface area contributed by atoms with Crippen LogP contribution in [0.1, 0.15) is 26.4 Å². The van der Waals surface area contributed by atoms with Gasteiger partial charge in [0.15, 0.2) is 0 Å². The summed E-state index contributed by atoms with van der Waals surface area (Å²) in [6.45, 7) is 4.30. The van der Waals surface area contributed by atoms with Crippen molar-refractivity contribution in [1.29, 1.82) is 0 Å². The zero-order valence-electron chi connectivity index (χ0n) is 15.5. The zero-order valence-corrected chi connectivity index (χ0v) is 16.3. The number of thiazole rings is 1. The number of aromatic nitrogens is 4. The van der Waals surface area contributed by atoms with Crippen LogP contribution in [0.3, 0.4) is 0 Å². The molecule has 4 heterocycles. The van der Waals surface area contributed by atoms with E-state index >= 15 is 0 Å². The standard InChI is InChI=1S/C19H19N5O3S/c1-11-18(28-12(2)21-11)19(26)22-15-9-27-10-16(15)24-17(25)4-3-14(23-24)13-5-7-20-8-6-13/h3-8,15-16H,9-10H2,1-2H3,(H,22,26). The van der Waals surface area contributed by atoms with E-state index in [1.807, 2.05) is 26.0 Å². The molecule has 1 amide bonds. The van der Waals surface area contributed by atoms with Gasteiger partial charge < -0.3 is 10.1 Å². The molecule has 0 aliphatic carbocycles. The summed E-state index contributed by atoms with van der Waals surface area (Å²) in [7, 11) is 0. The summed E-state index contributed by atoms with van der Waals surface area (Å²) in [6.07, 6.45) is 3.35. The SMILES string of the molecule is Cc1nc(C)c(C(=O)NC2COCC2n2nc(-c3ccncc3)ccc2=O)s1. The van der Waals surface area contributed by atoms with Crippen molar-refractivity contribution in [3.63, 3.8) is 0 Å². The zero-order chi connectivity index (χ0) is 19.7. The highest BCUT2D eigenvalue weighted by Crippen LogP contribution is 2.22. The summed E-state index contributed by atoms with van der Waals surface area (Å²) in [6, 6.07) is 6.09. The third kappa shape index (κ3) is 3.58. The summed E-state index contributed by atoms with van der Waals surface area (Å²) >= 11 is 1.35. The lowest BCUT2D eigenvalue weighted by Crippen LogP contribution is -2.44. The first kappa shape index (κ1) is 18.5. The van der Waals surface area contributed by atoms with Crippen molar-refractivity contribution in [1.82, 2.24) is 25.1 Å². The largest absolute Gasteiger partial charge is 0.377 e. The van der Waals surface area contributed by atoms with Gasteiger partial charge in [-0.1, -0.05) is 0 Å². The molecule has 1 aliphatic heterocycles. The summed E-state index contributed by atoms with van der Waals surface area (Å²) in [5.74, 6) is -0.207. The fraction of sp³-hybridized carbons (Fsp3) is 0.316. The van der Waals surface area contributed by atoms with Gasteiger partial charge in [-0.2, -0.15) is 5.10 Å². The molecule has 0 radical (unpaired) electrons. The van der Waals surface area contributed by atoms with Gasteiger partial charge in [-0.25, -0.2) is 9.67 Å². The Hall–Kier alpha value is -2.91. The van der Waals surface area contributed by atoms with Crippen LogP contribution < -0.4 is 10.9 Å². The second-order valence-corrected chi connectivity index (χ2v) is 7.77. The molecule has 1 N–H and O–H groups in total. The molecule has 3 aromatic heterocycles. The number of ether oxygens (including phenoxy) is 1. The van der Waals surface area contributed by atoms with Crippen molar-refractivity contribution in [2.45, 2.75) is 25.9 Å².